The fraction of sp³-hybridized carbons (Fsp3) is 0.0667. The molecule has 0 saturated heterocycles. The van der Waals surface area contributed by atoms with Crippen molar-refractivity contribution in [2.45, 2.75) is 0 Å². The molecular weight excluding hydrogens is 342 g/mol. The number of anilines is 2. The maximum atomic E-state index is 4.54. The van der Waals surface area contributed by atoms with Crippen LogP contribution in [0.2, 0.25) is 0 Å². The summed E-state index contributed by atoms with van der Waals surface area (Å²) in [4.78, 5) is 10.0. The minimum absolute atomic E-state index is 0.712. The van der Waals surface area contributed by atoms with Gasteiger partial charge < -0.3 is 5.32 Å². The molecule has 0 aliphatic rings. The predicted molar refractivity (Wildman–Crippen MR) is 96.0 cm³/mol. The molecule has 0 amide bonds. The smallest absolute Gasteiger partial charge is 0.180 e. The van der Waals surface area contributed by atoms with E-state index < -0.39 is 0 Å². The first kappa shape index (κ1) is 13.6. The second-order valence-corrected chi connectivity index (χ2v) is 6.96. The van der Waals surface area contributed by atoms with E-state index in [0.717, 1.165) is 32.1 Å². The zero-order chi connectivity index (χ0) is 16.1. The standard InChI is InChI=1S/C15H11N7S2/c1-21-8-9(6-18-21)11-7-17-13-12(16-3-4-22(11)13)19-14-10-2-5-23-15(10)20-24-14/h2-8H,1H3,(H,16,19). The lowest BCUT2D eigenvalue weighted by atomic mass is 10.3. The highest BCUT2D eigenvalue weighted by atomic mass is 32.1. The summed E-state index contributed by atoms with van der Waals surface area (Å²) in [5.41, 5.74) is 2.77. The lowest BCUT2D eigenvalue weighted by molar-refractivity contribution is 0.768. The summed E-state index contributed by atoms with van der Waals surface area (Å²) in [7, 11) is 1.90. The Kier molecular flexibility index (Phi) is 2.91. The minimum Gasteiger partial charge on any atom is -0.327 e. The number of hydrogen-bond donors (Lipinski definition) is 1. The van der Waals surface area contributed by atoms with E-state index in [1.165, 1.54) is 11.5 Å². The van der Waals surface area contributed by atoms with Crippen molar-refractivity contribution in [2.24, 2.45) is 7.05 Å². The number of imidazole rings is 1. The molecular formula is C15H11N7S2. The van der Waals surface area contributed by atoms with Crippen LogP contribution in [0.4, 0.5) is 10.8 Å². The third kappa shape index (κ3) is 2.02. The SMILES string of the molecule is Cn1cc(-c2cnc3c(Nc4snc5sccc45)nccn23)cn1. The lowest BCUT2D eigenvalue weighted by Crippen LogP contribution is -1.97. The first-order valence-electron chi connectivity index (χ1n) is 7.20. The van der Waals surface area contributed by atoms with Gasteiger partial charge in [0.05, 0.1) is 18.1 Å². The lowest BCUT2D eigenvalue weighted by Gasteiger charge is -2.05. The first-order chi connectivity index (χ1) is 11.8. The molecule has 1 N–H and O–H groups in total. The molecule has 0 atom stereocenters. The molecule has 0 spiro atoms. The Morgan fingerprint density at radius 3 is 3.04 bits per heavy atom. The van der Waals surface area contributed by atoms with Crippen LogP contribution in [0.5, 0.6) is 0 Å². The number of nitrogens with zero attached hydrogens (tertiary/aromatic N) is 6. The summed E-state index contributed by atoms with van der Waals surface area (Å²) in [5, 5.41) is 11.7. The van der Waals surface area contributed by atoms with Crippen LogP contribution >= 0.6 is 22.9 Å². The zero-order valence-electron chi connectivity index (χ0n) is 12.5. The van der Waals surface area contributed by atoms with Gasteiger partial charge in [0.1, 0.15) is 9.83 Å². The molecule has 5 heterocycles. The summed E-state index contributed by atoms with van der Waals surface area (Å²) in [5.74, 6) is 0.712. The van der Waals surface area contributed by atoms with E-state index in [-0.39, 0.29) is 0 Å². The molecule has 24 heavy (non-hydrogen) atoms. The van der Waals surface area contributed by atoms with Crippen LogP contribution in [-0.2, 0) is 7.05 Å². The number of aromatic nitrogens is 6. The highest BCUT2D eigenvalue weighted by molar-refractivity contribution is 7.21. The van der Waals surface area contributed by atoms with E-state index in [9.17, 15) is 0 Å². The molecule has 0 aromatic carbocycles. The largest absolute Gasteiger partial charge is 0.327 e. The van der Waals surface area contributed by atoms with Crippen molar-refractivity contribution < 1.29 is 0 Å². The molecule has 5 rings (SSSR count). The van der Waals surface area contributed by atoms with Crippen molar-refractivity contribution >= 4 is 49.6 Å². The monoisotopic (exact) mass is 353 g/mol. The summed E-state index contributed by atoms with van der Waals surface area (Å²) >= 11 is 3.07. The van der Waals surface area contributed by atoms with E-state index in [0.29, 0.717) is 5.82 Å². The van der Waals surface area contributed by atoms with E-state index in [1.807, 2.05) is 41.6 Å². The van der Waals surface area contributed by atoms with Gasteiger partial charge in [-0.3, -0.25) is 9.08 Å². The number of nitrogens with one attached hydrogen (secondary N) is 1. The van der Waals surface area contributed by atoms with E-state index in [2.05, 4.69) is 30.8 Å². The van der Waals surface area contributed by atoms with Gasteiger partial charge in [0.15, 0.2) is 11.5 Å². The zero-order valence-corrected chi connectivity index (χ0v) is 14.2. The van der Waals surface area contributed by atoms with Crippen LogP contribution in [-0.4, -0.2) is 28.5 Å². The van der Waals surface area contributed by atoms with E-state index in [4.69, 9.17) is 0 Å². The van der Waals surface area contributed by atoms with Gasteiger partial charge in [-0.1, -0.05) is 0 Å². The van der Waals surface area contributed by atoms with Crippen molar-refractivity contribution in [1.82, 2.24) is 28.5 Å². The molecule has 0 bridgehead atoms. The van der Waals surface area contributed by atoms with Crippen LogP contribution in [0.25, 0.3) is 27.1 Å². The van der Waals surface area contributed by atoms with Gasteiger partial charge in [0.2, 0.25) is 0 Å². The van der Waals surface area contributed by atoms with Crippen molar-refractivity contribution in [3.63, 3.8) is 0 Å². The molecule has 0 radical (unpaired) electrons. The topological polar surface area (TPSA) is 72.9 Å². The van der Waals surface area contributed by atoms with Gasteiger partial charge in [-0.25, -0.2) is 9.97 Å². The number of hydrogen-bond acceptors (Lipinski definition) is 7. The second-order valence-electron chi connectivity index (χ2n) is 5.29. The van der Waals surface area contributed by atoms with Crippen LogP contribution in [0.1, 0.15) is 0 Å². The number of fused-ring (bicyclic) bond motifs is 2. The Morgan fingerprint density at radius 1 is 1.21 bits per heavy atom. The van der Waals surface area contributed by atoms with E-state index >= 15 is 0 Å². The average Bonchev–Trinajstić information content (AvgIpc) is 3.32. The molecule has 5 aromatic rings. The first-order valence-corrected chi connectivity index (χ1v) is 8.86. The third-order valence-electron chi connectivity index (χ3n) is 3.77. The molecule has 0 aliphatic heterocycles. The highest BCUT2D eigenvalue weighted by Gasteiger charge is 2.14. The molecule has 5 aromatic heterocycles. The van der Waals surface area contributed by atoms with Gasteiger partial charge in [-0.05, 0) is 23.0 Å². The highest BCUT2D eigenvalue weighted by Crippen LogP contribution is 2.34. The maximum Gasteiger partial charge on any atom is 0.180 e. The summed E-state index contributed by atoms with van der Waals surface area (Å²) in [6.07, 6.45) is 9.31. The van der Waals surface area contributed by atoms with Gasteiger partial charge in [0, 0.05) is 36.6 Å². The summed E-state index contributed by atoms with van der Waals surface area (Å²) in [6, 6.07) is 2.07. The number of thiophene rings is 1. The quantitative estimate of drug-likeness (QED) is 0.537. The van der Waals surface area contributed by atoms with Crippen LogP contribution in [0, 0.1) is 0 Å². The second kappa shape index (κ2) is 5.11. The Morgan fingerprint density at radius 2 is 2.17 bits per heavy atom. The van der Waals surface area contributed by atoms with Gasteiger partial charge in [-0.15, -0.1) is 11.3 Å². The van der Waals surface area contributed by atoms with Crippen LogP contribution in [0.3, 0.4) is 0 Å². The molecule has 0 fully saturated rings. The number of aryl methyl sites for hydroxylation is 1. The summed E-state index contributed by atoms with van der Waals surface area (Å²) < 4.78 is 8.23. The fourth-order valence-corrected chi connectivity index (χ4v) is 4.31. The average molecular weight is 353 g/mol. The maximum absolute atomic E-state index is 4.54. The normalized spacial score (nSPS) is 11.5. The van der Waals surface area contributed by atoms with Crippen LogP contribution in [0.15, 0.2) is 42.4 Å². The molecule has 9 heteroatoms. The van der Waals surface area contributed by atoms with Gasteiger partial charge in [0.25, 0.3) is 0 Å². The minimum atomic E-state index is 0.712. The van der Waals surface area contributed by atoms with Gasteiger partial charge >= 0.3 is 0 Å². The van der Waals surface area contributed by atoms with Crippen molar-refractivity contribution in [1.29, 1.82) is 0 Å². The Balaban J connectivity index is 1.62. The van der Waals surface area contributed by atoms with Crippen LogP contribution < -0.4 is 5.32 Å². The predicted octanol–water partition coefficient (Wildman–Crippen LogP) is 3.54. The summed E-state index contributed by atoms with van der Waals surface area (Å²) in [6.45, 7) is 0. The Bertz CT molecular complexity index is 1160. The molecule has 118 valence electrons. The number of rotatable bonds is 3. The van der Waals surface area contributed by atoms with Crippen molar-refractivity contribution in [3.8, 4) is 11.3 Å². The Hall–Kier alpha value is -2.78. The van der Waals surface area contributed by atoms with E-state index in [1.54, 1.807) is 22.2 Å². The Labute approximate surface area is 144 Å². The third-order valence-corrected chi connectivity index (χ3v) is 5.47. The fourth-order valence-electron chi connectivity index (χ4n) is 2.65. The van der Waals surface area contributed by atoms with Crippen molar-refractivity contribution in [3.05, 3.63) is 42.4 Å². The molecule has 0 aliphatic carbocycles. The van der Waals surface area contributed by atoms with Crippen molar-refractivity contribution in [2.75, 3.05) is 5.32 Å². The molecule has 0 saturated carbocycles. The van der Waals surface area contributed by atoms with Gasteiger partial charge in [-0.2, -0.15) is 9.47 Å². The molecule has 7 nitrogen and oxygen atoms in total. The molecule has 0 unspecified atom stereocenters.